The summed E-state index contributed by atoms with van der Waals surface area (Å²) in [5.74, 6) is 0.545. The maximum absolute atomic E-state index is 7.46. The van der Waals surface area contributed by atoms with Crippen molar-refractivity contribution in [3.05, 3.63) is 17.5 Å². The molecule has 0 saturated heterocycles. The number of nitrogens with two attached hydrogens (primary N) is 1. The van der Waals surface area contributed by atoms with Gasteiger partial charge in [-0.25, -0.2) is 0 Å². The van der Waals surface area contributed by atoms with Gasteiger partial charge < -0.3 is 5.73 Å². The van der Waals surface area contributed by atoms with E-state index < -0.39 is 0 Å². The van der Waals surface area contributed by atoms with Crippen LogP contribution in [0.25, 0.3) is 0 Å². The highest BCUT2D eigenvalue weighted by Crippen LogP contribution is 2.25. The van der Waals surface area contributed by atoms with Crippen molar-refractivity contribution in [1.29, 1.82) is 5.41 Å². The molecule has 4 nitrogen and oxygen atoms in total. The lowest BCUT2D eigenvalue weighted by molar-refractivity contribution is 0.527. The van der Waals surface area contributed by atoms with Crippen molar-refractivity contribution < 1.29 is 0 Å². The van der Waals surface area contributed by atoms with Gasteiger partial charge in [-0.05, 0) is 31.7 Å². The molecule has 1 aromatic rings. The van der Waals surface area contributed by atoms with Gasteiger partial charge >= 0.3 is 0 Å². The van der Waals surface area contributed by atoms with Crippen LogP contribution in [0, 0.1) is 11.3 Å². The van der Waals surface area contributed by atoms with Gasteiger partial charge in [-0.15, -0.1) is 0 Å². The van der Waals surface area contributed by atoms with Crippen LogP contribution in [0.5, 0.6) is 0 Å². The topological polar surface area (TPSA) is 67.7 Å². The Morgan fingerprint density at radius 1 is 1.79 bits per heavy atom. The Kier molecular flexibility index (Phi) is 2.27. The Morgan fingerprint density at radius 3 is 3.21 bits per heavy atom. The van der Waals surface area contributed by atoms with E-state index in [1.165, 1.54) is 11.3 Å². The molecule has 0 saturated carbocycles. The number of amidine groups is 1. The highest BCUT2D eigenvalue weighted by molar-refractivity contribution is 5.80. The minimum atomic E-state index is 0.226. The molecular formula is C10H16N4. The first-order valence-electron chi connectivity index (χ1n) is 5.09. The molecule has 0 unspecified atom stereocenters. The molecule has 3 N–H and O–H groups in total. The van der Waals surface area contributed by atoms with Crippen LogP contribution in [0.1, 0.15) is 24.6 Å². The van der Waals surface area contributed by atoms with Crippen LogP contribution in [0.3, 0.4) is 0 Å². The SMILES string of the molecule is CCn1ncc2c1C[C@H](C(=N)N)CC2. The predicted molar refractivity (Wildman–Crippen MR) is 55.3 cm³/mol. The third kappa shape index (κ3) is 1.41. The summed E-state index contributed by atoms with van der Waals surface area (Å²) in [5, 5.41) is 11.8. The minimum Gasteiger partial charge on any atom is -0.387 e. The minimum absolute atomic E-state index is 0.226. The number of nitrogens with one attached hydrogen (secondary N) is 1. The van der Waals surface area contributed by atoms with Gasteiger partial charge in [-0.2, -0.15) is 5.10 Å². The number of fused-ring (bicyclic) bond motifs is 1. The summed E-state index contributed by atoms with van der Waals surface area (Å²) < 4.78 is 2.02. The van der Waals surface area contributed by atoms with E-state index in [0.717, 1.165) is 25.8 Å². The normalized spacial score (nSPS) is 20.5. The molecule has 0 amide bonds. The summed E-state index contributed by atoms with van der Waals surface area (Å²) in [6.07, 6.45) is 4.85. The molecule has 0 radical (unpaired) electrons. The van der Waals surface area contributed by atoms with Crippen LogP contribution >= 0.6 is 0 Å². The molecular weight excluding hydrogens is 176 g/mol. The summed E-state index contributed by atoms with van der Waals surface area (Å²) in [6, 6.07) is 0. The smallest absolute Gasteiger partial charge is 0.0941 e. The number of nitrogens with zero attached hydrogens (tertiary/aromatic N) is 2. The second kappa shape index (κ2) is 3.44. The fraction of sp³-hybridized carbons (Fsp3) is 0.600. The second-order valence-corrected chi connectivity index (χ2v) is 3.83. The van der Waals surface area contributed by atoms with Crippen LogP contribution in [0.4, 0.5) is 0 Å². The van der Waals surface area contributed by atoms with Gasteiger partial charge in [-0.1, -0.05) is 0 Å². The lowest BCUT2D eigenvalue weighted by Gasteiger charge is -2.21. The molecule has 0 aliphatic heterocycles. The maximum atomic E-state index is 7.46. The van der Waals surface area contributed by atoms with E-state index in [9.17, 15) is 0 Å². The predicted octanol–water partition coefficient (Wildman–Crippen LogP) is 0.944. The van der Waals surface area contributed by atoms with Gasteiger partial charge in [0.1, 0.15) is 0 Å². The summed E-state index contributed by atoms with van der Waals surface area (Å²) in [4.78, 5) is 0. The molecule has 4 heteroatoms. The molecule has 1 aromatic heterocycles. The molecule has 2 rings (SSSR count). The van der Waals surface area contributed by atoms with Gasteiger partial charge in [0, 0.05) is 18.2 Å². The lowest BCUT2D eigenvalue weighted by atomic mass is 9.87. The summed E-state index contributed by atoms with van der Waals surface area (Å²) in [6.45, 7) is 2.99. The second-order valence-electron chi connectivity index (χ2n) is 3.83. The molecule has 1 aliphatic rings. The Balaban J connectivity index is 2.27. The van der Waals surface area contributed by atoms with E-state index in [-0.39, 0.29) is 5.92 Å². The van der Waals surface area contributed by atoms with Crippen molar-refractivity contribution in [2.24, 2.45) is 11.7 Å². The van der Waals surface area contributed by atoms with Crippen molar-refractivity contribution in [2.75, 3.05) is 0 Å². The van der Waals surface area contributed by atoms with Crippen LogP contribution < -0.4 is 5.73 Å². The maximum Gasteiger partial charge on any atom is 0.0941 e. The molecule has 0 aromatic carbocycles. The molecule has 1 heterocycles. The summed E-state index contributed by atoms with van der Waals surface area (Å²) in [7, 11) is 0. The monoisotopic (exact) mass is 192 g/mol. The third-order valence-corrected chi connectivity index (χ3v) is 2.98. The van der Waals surface area contributed by atoms with Crippen molar-refractivity contribution in [2.45, 2.75) is 32.7 Å². The Bertz CT molecular complexity index is 340. The molecule has 1 aliphatic carbocycles. The average molecular weight is 192 g/mol. The van der Waals surface area contributed by atoms with E-state index in [1.54, 1.807) is 0 Å². The van der Waals surface area contributed by atoms with Crippen LogP contribution in [0.15, 0.2) is 6.20 Å². The van der Waals surface area contributed by atoms with Gasteiger partial charge in [0.2, 0.25) is 0 Å². The number of hydrogen-bond donors (Lipinski definition) is 2. The number of aromatic nitrogens is 2. The van der Waals surface area contributed by atoms with Crippen molar-refractivity contribution in [3.8, 4) is 0 Å². The third-order valence-electron chi connectivity index (χ3n) is 2.98. The number of rotatable bonds is 2. The van der Waals surface area contributed by atoms with Gasteiger partial charge in [0.25, 0.3) is 0 Å². The zero-order valence-electron chi connectivity index (χ0n) is 8.45. The first kappa shape index (κ1) is 9.24. The first-order valence-corrected chi connectivity index (χ1v) is 5.09. The standard InChI is InChI=1S/C10H16N4/c1-2-14-9-5-7(10(11)12)3-4-8(9)6-13-14/h6-7H,2-5H2,1H3,(H3,11,12)/t7-/m1/s1. The first-order chi connectivity index (χ1) is 6.72. The van der Waals surface area contributed by atoms with Crippen LogP contribution in [0.2, 0.25) is 0 Å². The van der Waals surface area contributed by atoms with Gasteiger partial charge in [0.15, 0.2) is 0 Å². The zero-order chi connectivity index (χ0) is 10.1. The van der Waals surface area contributed by atoms with Crippen molar-refractivity contribution in [3.63, 3.8) is 0 Å². The van der Waals surface area contributed by atoms with Gasteiger partial charge in [0.05, 0.1) is 12.0 Å². The lowest BCUT2D eigenvalue weighted by Crippen LogP contribution is -2.28. The van der Waals surface area contributed by atoms with E-state index in [4.69, 9.17) is 11.1 Å². The van der Waals surface area contributed by atoms with E-state index >= 15 is 0 Å². The summed E-state index contributed by atoms with van der Waals surface area (Å²) >= 11 is 0. The zero-order valence-corrected chi connectivity index (χ0v) is 8.45. The Hall–Kier alpha value is -1.32. The molecule has 14 heavy (non-hydrogen) atoms. The highest BCUT2D eigenvalue weighted by Gasteiger charge is 2.23. The molecule has 0 spiro atoms. The largest absolute Gasteiger partial charge is 0.387 e. The Morgan fingerprint density at radius 2 is 2.57 bits per heavy atom. The van der Waals surface area contributed by atoms with E-state index in [2.05, 4.69) is 12.0 Å². The molecule has 76 valence electrons. The number of hydrogen-bond acceptors (Lipinski definition) is 2. The quantitative estimate of drug-likeness (QED) is 0.541. The fourth-order valence-corrected chi connectivity index (χ4v) is 2.10. The van der Waals surface area contributed by atoms with Crippen molar-refractivity contribution >= 4 is 5.84 Å². The number of aryl methyl sites for hydroxylation is 2. The van der Waals surface area contributed by atoms with Gasteiger partial charge in [-0.3, -0.25) is 10.1 Å². The van der Waals surface area contributed by atoms with Crippen LogP contribution in [-0.2, 0) is 19.4 Å². The molecule has 0 fully saturated rings. The molecule has 0 bridgehead atoms. The van der Waals surface area contributed by atoms with E-state index in [1.807, 2.05) is 10.9 Å². The van der Waals surface area contributed by atoms with E-state index in [0.29, 0.717) is 5.84 Å². The van der Waals surface area contributed by atoms with Crippen molar-refractivity contribution in [1.82, 2.24) is 9.78 Å². The average Bonchev–Trinajstić information content (AvgIpc) is 2.59. The highest BCUT2D eigenvalue weighted by atomic mass is 15.3. The fourth-order valence-electron chi connectivity index (χ4n) is 2.10. The summed E-state index contributed by atoms with van der Waals surface area (Å²) in [5.41, 5.74) is 8.15. The van der Waals surface area contributed by atoms with Crippen LogP contribution in [-0.4, -0.2) is 15.6 Å². The Labute approximate surface area is 83.6 Å². The molecule has 1 atom stereocenters.